The van der Waals surface area contributed by atoms with Gasteiger partial charge in [-0.15, -0.1) is 0 Å². The van der Waals surface area contributed by atoms with Crippen molar-refractivity contribution in [2.45, 2.75) is 32.6 Å². The molecule has 1 N–H and O–H groups in total. The minimum absolute atomic E-state index is 0.264. The van der Waals surface area contributed by atoms with E-state index in [1.54, 1.807) is 0 Å². The number of rotatable bonds is 3. The standard InChI is InChI=1S/C22H19N3O3/c1-13-17-8-4-5-9-18(17)27-20(13)22(26)23-21-19(24-28-25-21)16-11-10-14-6-2-3-7-15(14)12-16/h4-5,8-12H,2-3,6-7H2,1H3,(H,23,25,26). The molecule has 1 aliphatic carbocycles. The molecule has 0 radical (unpaired) electrons. The van der Waals surface area contributed by atoms with Gasteiger partial charge in [0.05, 0.1) is 0 Å². The zero-order valence-electron chi connectivity index (χ0n) is 15.5. The molecule has 0 spiro atoms. The molecular formula is C22H19N3O3. The van der Waals surface area contributed by atoms with E-state index in [4.69, 9.17) is 9.05 Å². The fraction of sp³-hybridized carbons (Fsp3) is 0.227. The molecule has 4 aromatic rings. The summed E-state index contributed by atoms with van der Waals surface area (Å²) in [5.74, 6) is 0.185. The molecule has 0 unspecified atom stereocenters. The van der Waals surface area contributed by atoms with Gasteiger partial charge in [0, 0.05) is 16.5 Å². The van der Waals surface area contributed by atoms with Crippen molar-refractivity contribution in [3.63, 3.8) is 0 Å². The SMILES string of the molecule is Cc1c(C(=O)Nc2nonc2-c2ccc3c(c2)CCCC3)oc2ccccc12. The first-order valence-corrected chi connectivity index (χ1v) is 9.45. The maximum absolute atomic E-state index is 12.8. The summed E-state index contributed by atoms with van der Waals surface area (Å²) < 4.78 is 10.7. The Kier molecular flexibility index (Phi) is 3.97. The predicted octanol–water partition coefficient (Wildman–Crippen LogP) is 4.92. The minimum atomic E-state index is -0.372. The van der Waals surface area contributed by atoms with E-state index < -0.39 is 0 Å². The molecule has 28 heavy (non-hydrogen) atoms. The third kappa shape index (κ3) is 2.78. The number of benzene rings is 2. The van der Waals surface area contributed by atoms with Gasteiger partial charge in [-0.3, -0.25) is 10.1 Å². The molecule has 2 aromatic heterocycles. The number of amides is 1. The van der Waals surface area contributed by atoms with Gasteiger partial charge in [-0.05, 0) is 66.2 Å². The van der Waals surface area contributed by atoms with Crippen molar-refractivity contribution in [1.82, 2.24) is 10.3 Å². The second-order valence-corrected chi connectivity index (χ2v) is 7.16. The summed E-state index contributed by atoms with van der Waals surface area (Å²) in [5, 5.41) is 11.6. The van der Waals surface area contributed by atoms with Crippen molar-refractivity contribution in [2.75, 3.05) is 5.32 Å². The van der Waals surface area contributed by atoms with Crippen LogP contribution in [0.4, 0.5) is 5.82 Å². The first kappa shape index (κ1) is 16.7. The number of nitrogens with one attached hydrogen (secondary N) is 1. The lowest BCUT2D eigenvalue weighted by molar-refractivity contribution is 0.0997. The van der Waals surface area contributed by atoms with Crippen LogP contribution in [0.25, 0.3) is 22.2 Å². The summed E-state index contributed by atoms with van der Waals surface area (Å²) in [6.45, 7) is 1.87. The summed E-state index contributed by atoms with van der Waals surface area (Å²) in [7, 11) is 0. The molecular weight excluding hydrogens is 354 g/mol. The number of carbonyl (C=O) groups is 1. The number of furan rings is 1. The summed E-state index contributed by atoms with van der Waals surface area (Å²) in [4.78, 5) is 12.8. The maximum atomic E-state index is 12.8. The Bertz CT molecular complexity index is 1190. The smallest absolute Gasteiger partial charge is 0.292 e. The van der Waals surface area contributed by atoms with Gasteiger partial charge in [-0.2, -0.15) is 0 Å². The van der Waals surface area contributed by atoms with Gasteiger partial charge in [0.2, 0.25) is 5.82 Å². The third-order valence-corrected chi connectivity index (χ3v) is 5.39. The molecule has 0 atom stereocenters. The second-order valence-electron chi connectivity index (χ2n) is 7.16. The number of nitrogens with zero attached hydrogens (tertiary/aromatic N) is 2. The molecule has 6 heteroatoms. The number of hydrogen-bond donors (Lipinski definition) is 1. The highest BCUT2D eigenvalue weighted by Crippen LogP contribution is 2.31. The van der Waals surface area contributed by atoms with Gasteiger partial charge >= 0.3 is 0 Å². The number of anilines is 1. The largest absolute Gasteiger partial charge is 0.451 e. The normalized spacial score (nSPS) is 13.5. The zero-order chi connectivity index (χ0) is 19.1. The Morgan fingerprint density at radius 2 is 1.86 bits per heavy atom. The molecule has 5 rings (SSSR count). The Morgan fingerprint density at radius 1 is 1.04 bits per heavy atom. The van der Waals surface area contributed by atoms with Crippen molar-refractivity contribution >= 4 is 22.7 Å². The van der Waals surface area contributed by atoms with Crippen LogP contribution in [0.2, 0.25) is 0 Å². The van der Waals surface area contributed by atoms with Crippen LogP contribution >= 0.6 is 0 Å². The highest BCUT2D eigenvalue weighted by molar-refractivity contribution is 6.07. The van der Waals surface area contributed by atoms with Gasteiger partial charge in [0.15, 0.2) is 11.5 Å². The number of hydrogen-bond acceptors (Lipinski definition) is 5. The number of para-hydroxylation sites is 1. The number of aromatic nitrogens is 2. The highest BCUT2D eigenvalue weighted by Gasteiger charge is 2.22. The topological polar surface area (TPSA) is 81.2 Å². The van der Waals surface area contributed by atoms with Crippen LogP contribution in [0.5, 0.6) is 0 Å². The van der Waals surface area contributed by atoms with E-state index in [2.05, 4.69) is 27.8 Å². The van der Waals surface area contributed by atoms with Crippen LogP contribution in [0.3, 0.4) is 0 Å². The Labute approximate surface area is 161 Å². The number of fused-ring (bicyclic) bond motifs is 2. The summed E-state index contributed by atoms with van der Waals surface area (Å²) in [5.41, 5.74) is 5.60. The molecule has 140 valence electrons. The molecule has 0 bridgehead atoms. The Morgan fingerprint density at radius 3 is 2.71 bits per heavy atom. The summed E-state index contributed by atoms with van der Waals surface area (Å²) in [6.07, 6.45) is 4.61. The average molecular weight is 373 g/mol. The van der Waals surface area contributed by atoms with Crippen LogP contribution in [0.1, 0.15) is 40.1 Å². The Hall–Kier alpha value is -3.41. The molecule has 6 nitrogen and oxygen atoms in total. The Balaban J connectivity index is 1.46. The van der Waals surface area contributed by atoms with Crippen LogP contribution in [0, 0.1) is 6.92 Å². The quantitative estimate of drug-likeness (QED) is 0.551. The van der Waals surface area contributed by atoms with Crippen LogP contribution < -0.4 is 5.32 Å². The molecule has 2 heterocycles. The van der Waals surface area contributed by atoms with Crippen LogP contribution in [-0.4, -0.2) is 16.2 Å². The summed E-state index contributed by atoms with van der Waals surface area (Å²) in [6, 6.07) is 13.8. The molecule has 0 saturated heterocycles. The van der Waals surface area contributed by atoms with E-state index in [1.165, 1.54) is 24.0 Å². The molecule has 1 amide bonds. The van der Waals surface area contributed by atoms with Gasteiger partial charge in [-0.1, -0.05) is 30.3 Å². The van der Waals surface area contributed by atoms with Crippen molar-refractivity contribution in [3.8, 4) is 11.3 Å². The average Bonchev–Trinajstić information content (AvgIpc) is 3.32. The van der Waals surface area contributed by atoms with Crippen molar-refractivity contribution in [1.29, 1.82) is 0 Å². The monoisotopic (exact) mass is 373 g/mol. The van der Waals surface area contributed by atoms with Crippen LogP contribution in [-0.2, 0) is 12.8 Å². The van der Waals surface area contributed by atoms with E-state index in [-0.39, 0.29) is 11.7 Å². The van der Waals surface area contributed by atoms with E-state index in [9.17, 15) is 4.79 Å². The van der Waals surface area contributed by atoms with Gasteiger partial charge in [0.1, 0.15) is 5.58 Å². The first-order valence-electron chi connectivity index (χ1n) is 9.45. The van der Waals surface area contributed by atoms with E-state index in [1.807, 2.05) is 37.3 Å². The van der Waals surface area contributed by atoms with E-state index in [0.717, 1.165) is 29.4 Å². The van der Waals surface area contributed by atoms with Gasteiger partial charge in [-0.25, -0.2) is 4.63 Å². The molecule has 2 aromatic carbocycles. The molecule has 0 saturated carbocycles. The number of carbonyl (C=O) groups excluding carboxylic acids is 1. The van der Waals surface area contributed by atoms with Gasteiger partial charge < -0.3 is 4.42 Å². The third-order valence-electron chi connectivity index (χ3n) is 5.39. The van der Waals surface area contributed by atoms with Gasteiger partial charge in [0.25, 0.3) is 5.91 Å². The predicted molar refractivity (Wildman–Crippen MR) is 105 cm³/mol. The fourth-order valence-electron chi connectivity index (χ4n) is 3.90. The fourth-order valence-corrected chi connectivity index (χ4v) is 3.90. The highest BCUT2D eigenvalue weighted by atomic mass is 16.6. The molecule has 1 aliphatic rings. The van der Waals surface area contributed by atoms with Crippen molar-refractivity contribution in [3.05, 3.63) is 64.9 Å². The lowest BCUT2D eigenvalue weighted by atomic mass is 9.90. The molecule has 0 aliphatic heterocycles. The lowest BCUT2D eigenvalue weighted by Crippen LogP contribution is -2.13. The minimum Gasteiger partial charge on any atom is -0.451 e. The van der Waals surface area contributed by atoms with Crippen molar-refractivity contribution < 1.29 is 13.8 Å². The van der Waals surface area contributed by atoms with E-state index >= 15 is 0 Å². The van der Waals surface area contributed by atoms with Crippen LogP contribution in [0.15, 0.2) is 51.5 Å². The number of aryl methyl sites for hydroxylation is 3. The molecule has 0 fully saturated rings. The zero-order valence-corrected chi connectivity index (χ0v) is 15.5. The lowest BCUT2D eigenvalue weighted by Gasteiger charge is -2.16. The van der Waals surface area contributed by atoms with E-state index in [0.29, 0.717) is 17.1 Å². The maximum Gasteiger partial charge on any atom is 0.292 e. The summed E-state index contributed by atoms with van der Waals surface area (Å²) >= 11 is 0. The second kappa shape index (κ2) is 6.64. The van der Waals surface area contributed by atoms with Crippen molar-refractivity contribution in [2.24, 2.45) is 0 Å². The first-order chi connectivity index (χ1) is 13.7.